The number of hydrogen-bond donors (Lipinski definition) is 3. The maximum Gasteiger partial charge on any atom is 0.421 e. The summed E-state index contributed by atoms with van der Waals surface area (Å²) in [4.78, 5) is 25.2. The quantitative estimate of drug-likeness (QED) is 0.231. The first kappa shape index (κ1) is 31.1. The van der Waals surface area contributed by atoms with Gasteiger partial charge in [0, 0.05) is 37.2 Å². The Bertz CT molecular complexity index is 1700. The molecule has 4 aromatic rings. The third kappa shape index (κ3) is 7.24. The van der Waals surface area contributed by atoms with E-state index in [2.05, 4.69) is 36.0 Å². The number of carbonyl (C=O) groups excluding carboxylic acids is 1. The van der Waals surface area contributed by atoms with Crippen molar-refractivity contribution in [2.45, 2.75) is 32.7 Å². The number of alkyl halides is 3. The van der Waals surface area contributed by atoms with E-state index in [4.69, 9.17) is 9.05 Å². The van der Waals surface area contributed by atoms with Crippen LogP contribution in [-0.4, -0.2) is 50.9 Å². The Hall–Kier alpha value is -4.33. The number of benzene rings is 1. The Kier molecular flexibility index (Phi) is 9.00. The van der Waals surface area contributed by atoms with Gasteiger partial charge in [0.2, 0.25) is 5.95 Å². The standard InChI is InChI=1S/C28H30F3N8O4P/c1-4-42-44(41)16-18-5-7-20(8-6-18)35-27-33-12-21(28(29,30)31)25(38-27)37-23-10-9-22(36-24(23)26(40)32-3)19-11-34-39(14-19)13-17(2)15-43-44/h5-12,14,17H,4,13,15-16H2,1-3H3,(H,32,40)(H2,33,35,37,38)/t17-,44-/m0/s1. The topological polar surface area (TPSA) is 145 Å². The lowest BCUT2D eigenvalue weighted by atomic mass is 10.1. The summed E-state index contributed by atoms with van der Waals surface area (Å²) in [6, 6.07) is 9.70. The number of nitrogens with zero attached hydrogens (tertiary/aromatic N) is 5. The Balaban J connectivity index is 1.60. The number of halogens is 3. The normalized spacial score (nSPS) is 18.9. The van der Waals surface area contributed by atoms with Crippen molar-refractivity contribution in [3.63, 3.8) is 0 Å². The van der Waals surface area contributed by atoms with Crippen LogP contribution in [0.3, 0.4) is 0 Å². The number of pyridine rings is 1. The molecule has 4 aliphatic rings. The van der Waals surface area contributed by atoms with Gasteiger partial charge in [-0.2, -0.15) is 23.3 Å². The Morgan fingerprint density at radius 2 is 1.93 bits per heavy atom. The first-order valence-corrected chi connectivity index (χ1v) is 15.4. The number of carbonyl (C=O) groups is 1. The van der Waals surface area contributed by atoms with Crippen molar-refractivity contribution in [1.29, 1.82) is 0 Å². The second-order valence-electron chi connectivity index (χ2n) is 10.1. The molecule has 0 saturated carbocycles. The zero-order valence-corrected chi connectivity index (χ0v) is 24.9. The average molecular weight is 631 g/mol. The van der Waals surface area contributed by atoms with Gasteiger partial charge < -0.3 is 25.0 Å². The third-order valence-electron chi connectivity index (χ3n) is 6.58. The average Bonchev–Trinajstić information content (AvgIpc) is 3.44. The molecule has 0 spiro atoms. The van der Waals surface area contributed by atoms with Crippen LogP contribution in [0.5, 0.6) is 0 Å². The van der Waals surface area contributed by atoms with Crippen LogP contribution in [0.2, 0.25) is 0 Å². The van der Waals surface area contributed by atoms with Gasteiger partial charge in [0.05, 0.1) is 37.0 Å². The number of anilines is 4. The zero-order chi connectivity index (χ0) is 31.5. The van der Waals surface area contributed by atoms with E-state index in [0.717, 1.165) is 0 Å². The van der Waals surface area contributed by atoms with Crippen molar-refractivity contribution in [1.82, 2.24) is 30.0 Å². The van der Waals surface area contributed by atoms with E-state index in [0.29, 0.717) is 35.2 Å². The molecular weight excluding hydrogens is 600 g/mol. The molecule has 3 aromatic heterocycles. The molecule has 0 unspecified atom stereocenters. The van der Waals surface area contributed by atoms with Gasteiger partial charge in [-0.3, -0.25) is 14.0 Å². The predicted octanol–water partition coefficient (Wildman–Crippen LogP) is 6.00. The minimum Gasteiger partial charge on any atom is -0.354 e. The molecule has 0 saturated heterocycles. The number of rotatable bonds is 3. The summed E-state index contributed by atoms with van der Waals surface area (Å²) < 4.78 is 68.5. The molecule has 0 fully saturated rings. The summed E-state index contributed by atoms with van der Waals surface area (Å²) in [5, 5.41) is 12.4. The SMILES string of the molecule is CCO[P@@]1(=O)Cc2ccc(cc2)Nc2ncc(C(F)(F)F)c(n2)Nc2ccc(nc2C(=O)NC)-c2cnn(c2)C[C@H](C)CO1. The van der Waals surface area contributed by atoms with Crippen molar-refractivity contribution in [3.05, 3.63) is 71.8 Å². The summed E-state index contributed by atoms with van der Waals surface area (Å²) in [5.74, 6) is -1.43. The van der Waals surface area contributed by atoms with Crippen molar-refractivity contribution >= 4 is 36.6 Å². The van der Waals surface area contributed by atoms with E-state index < -0.39 is 31.1 Å². The molecule has 7 heterocycles. The van der Waals surface area contributed by atoms with Crippen molar-refractivity contribution in [2.75, 3.05) is 30.9 Å². The Labute approximate surface area is 251 Å². The zero-order valence-electron chi connectivity index (χ0n) is 24.1. The van der Waals surface area contributed by atoms with E-state index >= 15 is 0 Å². The molecular formula is C28H30F3N8O4P. The van der Waals surface area contributed by atoms with Gasteiger partial charge >= 0.3 is 13.8 Å². The molecule has 2 atom stereocenters. The fourth-order valence-corrected chi connectivity index (χ4v) is 6.25. The molecule has 8 rings (SSSR count). The van der Waals surface area contributed by atoms with E-state index in [1.807, 2.05) is 6.92 Å². The molecule has 232 valence electrons. The highest BCUT2D eigenvalue weighted by atomic mass is 31.2. The molecule has 44 heavy (non-hydrogen) atoms. The van der Waals surface area contributed by atoms with E-state index in [1.54, 1.807) is 54.3 Å². The van der Waals surface area contributed by atoms with Gasteiger partial charge in [-0.05, 0) is 42.7 Å². The van der Waals surface area contributed by atoms with Crippen LogP contribution in [-0.2, 0) is 32.5 Å². The van der Waals surface area contributed by atoms with Crippen molar-refractivity contribution < 1.29 is 31.6 Å². The molecule has 16 heteroatoms. The van der Waals surface area contributed by atoms with Crippen LogP contribution < -0.4 is 16.0 Å². The van der Waals surface area contributed by atoms with Crippen LogP contribution in [0.4, 0.5) is 36.3 Å². The van der Waals surface area contributed by atoms with Crippen LogP contribution >= 0.6 is 7.60 Å². The molecule has 1 amide bonds. The summed E-state index contributed by atoms with van der Waals surface area (Å²) in [6.45, 7) is 4.42. The number of aromatic nitrogens is 5. The highest BCUT2D eigenvalue weighted by Crippen LogP contribution is 2.51. The third-order valence-corrected chi connectivity index (χ3v) is 8.53. The van der Waals surface area contributed by atoms with Gasteiger partial charge in [0.15, 0.2) is 5.69 Å². The number of amides is 1. The number of nitrogens with one attached hydrogen (secondary N) is 3. The maximum absolute atomic E-state index is 14.0. The van der Waals surface area contributed by atoms with E-state index in [9.17, 15) is 22.5 Å². The van der Waals surface area contributed by atoms with Crippen molar-refractivity contribution in [2.24, 2.45) is 5.92 Å². The fourth-order valence-electron chi connectivity index (χ4n) is 4.46. The molecule has 8 bridgehead atoms. The van der Waals surface area contributed by atoms with Gasteiger partial charge in [-0.15, -0.1) is 0 Å². The van der Waals surface area contributed by atoms with E-state index in [1.165, 1.54) is 13.1 Å². The smallest absolute Gasteiger partial charge is 0.354 e. The summed E-state index contributed by atoms with van der Waals surface area (Å²) in [7, 11) is -2.11. The monoisotopic (exact) mass is 630 g/mol. The minimum absolute atomic E-state index is 0.00614. The molecule has 4 aliphatic heterocycles. The fraction of sp³-hybridized carbons (Fsp3) is 0.321. The van der Waals surface area contributed by atoms with Gasteiger partial charge in [0.1, 0.15) is 11.4 Å². The summed E-state index contributed by atoms with van der Waals surface area (Å²) >= 11 is 0. The Morgan fingerprint density at radius 3 is 2.64 bits per heavy atom. The minimum atomic E-state index is -4.80. The second kappa shape index (κ2) is 12.7. The summed E-state index contributed by atoms with van der Waals surface area (Å²) in [5.41, 5.74) is 0.809. The lowest BCUT2D eigenvalue weighted by Crippen LogP contribution is -2.21. The van der Waals surface area contributed by atoms with E-state index in [-0.39, 0.29) is 42.6 Å². The molecule has 0 aliphatic carbocycles. The van der Waals surface area contributed by atoms with Gasteiger partial charge in [-0.1, -0.05) is 19.1 Å². The maximum atomic E-state index is 14.0. The van der Waals surface area contributed by atoms with Crippen LogP contribution in [0, 0.1) is 5.92 Å². The first-order chi connectivity index (χ1) is 21.0. The van der Waals surface area contributed by atoms with Gasteiger partial charge in [-0.25, -0.2) is 9.97 Å². The van der Waals surface area contributed by atoms with Crippen LogP contribution in [0.25, 0.3) is 11.3 Å². The number of hydrogen-bond acceptors (Lipinski definition) is 10. The highest BCUT2D eigenvalue weighted by Gasteiger charge is 2.36. The summed E-state index contributed by atoms with van der Waals surface area (Å²) in [6.07, 6.45) is -0.836. The van der Waals surface area contributed by atoms with Crippen LogP contribution in [0.15, 0.2) is 55.0 Å². The van der Waals surface area contributed by atoms with Crippen molar-refractivity contribution in [3.8, 4) is 11.3 Å². The van der Waals surface area contributed by atoms with Crippen LogP contribution in [0.1, 0.15) is 35.5 Å². The predicted molar refractivity (Wildman–Crippen MR) is 157 cm³/mol. The molecule has 3 N–H and O–H groups in total. The molecule has 0 radical (unpaired) electrons. The first-order valence-electron chi connectivity index (χ1n) is 13.7. The molecule has 1 aromatic carbocycles. The lowest BCUT2D eigenvalue weighted by molar-refractivity contribution is -0.137. The second-order valence-corrected chi connectivity index (χ2v) is 12.2. The molecule has 12 nitrogen and oxygen atoms in total. The lowest BCUT2D eigenvalue weighted by Gasteiger charge is -2.20. The van der Waals surface area contributed by atoms with Gasteiger partial charge in [0.25, 0.3) is 5.91 Å². The highest BCUT2D eigenvalue weighted by molar-refractivity contribution is 7.53. The largest absolute Gasteiger partial charge is 0.421 e. The Morgan fingerprint density at radius 1 is 1.16 bits per heavy atom.